The summed E-state index contributed by atoms with van der Waals surface area (Å²) < 4.78 is 40.3. The van der Waals surface area contributed by atoms with Crippen molar-refractivity contribution in [1.29, 1.82) is 0 Å². The van der Waals surface area contributed by atoms with E-state index in [0.717, 1.165) is 50.9 Å². The molecular weight excluding hydrogens is 493 g/mol. The molecule has 4 nitrogen and oxygen atoms in total. The summed E-state index contributed by atoms with van der Waals surface area (Å²) in [6.45, 7) is 4.68. The van der Waals surface area contributed by atoms with Crippen LogP contribution in [-0.2, 0) is 12.6 Å². The van der Waals surface area contributed by atoms with Crippen molar-refractivity contribution in [2.24, 2.45) is 4.99 Å². The van der Waals surface area contributed by atoms with Crippen molar-refractivity contribution in [3.05, 3.63) is 101 Å². The maximum atomic E-state index is 12.9. The average Bonchev–Trinajstić information content (AvgIpc) is 3.30. The number of aliphatic imine (C=N–C) groups is 1. The van der Waals surface area contributed by atoms with Gasteiger partial charge in [-0.25, -0.2) is 9.97 Å². The van der Waals surface area contributed by atoms with Gasteiger partial charge in [0.2, 0.25) is 0 Å². The molecular formula is C29H23F3N4S. The Morgan fingerprint density at radius 1 is 1.00 bits per heavy atom. The van der Waals surface area contributed by atoms with E-state index in [-0.39, 0.29) is 0 Å². The number of nitrogens with zero attached hydrogens (tertiary/aromatic N) is 4. The van der Waals surface area contributed by atoms with Crippen molar-refractivity contribution in [3.63, 3.8) is 0 Å². The predicted octanol–water partition coefficient (Wildman–Crippen LogP) is 7.24. The Morgan fingerprint density at radius 2 is 1.78 bits per heavy atom. The first-order chi connectivity index (χ1) is 17.7. The number of thiocarbonyl (C=S) groups is 1. The molecule has 3 aromatic carbocycles. The molecule has 2 aromatic heterocycles. The molecule has 0 N–H and O–H groups in total. The summed E-state index contributed by atoms with van der Waals surface area (Å²) in [5, 5.41) is 1.92. The number of hydrogen-bond acceptors (Lipinski definition) is 4. The van der Waals surface area contributed by atoms with E-state index >= 15 is 0 Å². The van der Waals surface area contributed by atoms with Crippen molar-refractivity contribution in [2.75, 3.05) is 6.54 Å². The molecule has 0 spiro atoms. The summed E-state index contributed by atoms with van der Waals surface area (Å²) in [7, 11) is 0. The van der Waals surface area contributed by atoms with Crippen LogP contribution in [0.25, 0.3) is 27.6 Å². The first kappa shape index (κ1) is 24.8. The largest absolute Gasteiger partial charge is 0.417 e. The lowest BCUT2D eigenvalue weighted by Crippen LogP contribution is -2.07. The highest BCUT2D eigenvalue weighted by Crippen LogP contribution is 2.30. The monoisotopic (exact) mass is 516 g/mol. The van der Waals surface area contributed by atoms with E-state index in [1.165, 1.54) is 22.8 Å². The Hall–Kier alpha value is -3.91. The fraction of sp³-hybridized carbons (Fsp3) is 0.172. The quantitative estimate of drug-likeness (QED) is 0.176. The maximum Gasteiger partial charge on any atom is 0.417 e. The van der Waals surface area contributed by atoms with E-state index in [0.29, 0.717) is 12.4 Å². The zero-order valence-electron chi connectivity index (χ0n) is 20.3. The number of imidazole rings is 1. The minimum absolute atomic E-state index is 0.371. The van der Waals surface area contributed by atoms with E-state index in [2.05, 4.69) is 47.0 Å². The van der Waals surface area contributed by atoms with Crippen LogP contribution in [0.5, 0.6) is 0 Å². The molecule has 8 heteroatoms. The summed E-state index contributed by atoms with van der Waals surface area (Å²) in [6.07, 6.45) is 0.543. The number of rotatable bonds is 6. The molecule has 2 heterocycles. The lowest BCUT2D eigenvalue weighted by molar-refractivity contribution is -0.137. The standard InChI is InChI=1S/C29H23F3N4S/c1-18-4-3-5-19(2)25(18)13-23(37)16-33-14-20-6-9-24-21(12-20)7-10-26-28(24)35-17-36(26)27-11-8-22(15-34-27)29(30,31)32/h3-12,14-15,17H,13,16H2,1-2H3. The van der Waals surface area contributed by atoms with Gasteiger partial charge in [-0.05, 0) is 65.8 Å². The van der Waals surface area contributed by atoms with E-state index in [1.807, 2.05) is 36.5 Å². The van der Waals surface area contributed by atoms with Crippen molar-refractivity contribution in [2.45, 2.75) is 26.4 Å². The van der Waals surface area contributed by atoms with Gasteiger partial charge in [0.1, 0.15) is 12.1 Å². The maximum absolute atomic E-state index is 12.9. The van der Waals surface area contributed by atoms with Crippen LogP contribution in [0.4, 0.5) is 13.2 Å². The SMILES string of the molecule is Cc1cccc(C)c1CC(=S)CN=Cc1ccc2c(ccc3c2ncn3-c2ccc(C(F)(F)F)cn2)c1. The van der Waals surface area contributed by atoms with Crippen LogP contribution < -0.4 is 0 Å². The number of alkyl halides is 3. The topological polar surface area (TPSA) is 43.1 Å². The average molecular weight is 517 g/mol. The van der Waals surface area contributed by atoms with E-state index in [9.17, 15) is 13.2 Å². The molecule has 5 rings (SSSR count). The van der Waals surface area contributed by atoms with Gasteiger partial charge in [0, 0.05) is 29.1 Å². The number of halogens is 3. The Bertz CT molecular complexity index is 1630. The van der Waals surface area contributed by atoms with Gasteiger partial charge in [-0.3, -0.25) is 9.56 Å². The van der Waals surface area contributed by atoms with Crippen molar-refractivity contribution >= 4 is 45.1 Å². The highest BCUT2D eigenvalue weighted by Gasteiger charge is 2.30. The molecule has 0 atom stereocenters. The zero-order valence-corrected chi connectivity index (χ0v) is 21.1. The van der Waals surface area contributed by atoms with Crippen molar-refractivity contribution in [3.8, 4) is 5.82 Å². The second-order valence-corrected chi connectivity index (χ2v) is 9.56. The van der Waals surface area contributed by atoms with Crippen LogP contribution in [0.1, 0.15) is 27.8 Å². The van der Waals surface area contributed by atoms with Crippen LogP contribution in [-0.4, -0.2) is 32.2 Å². The predicted molar refractivity (Wildman–Crippen MR) is 146 cm³/mol. The van der Waals surface area contributed by atoms with Crippen LogP contribution in [0.2, 0.25) is 0 Å². The van der Waals surface area contributed by atoms with E-state index in [4.69, 9.17) is 12.2 Å². The van der Waals surface area contributed by atoms with Crippen LogP contribution in [0.3, 0.4) is 0 Å². The Balaban J connectivity index is 1.34. The minimum Gasteiger partial charge on any atom is -0.287 e. The second kappa shape index (κ2) is 9.86. The summed E-state index contributed by atoms with van der Waals surface area (Å²) >= 11 is 5.58. The molecule has 0 aliphatic rings. The fourth-order valence-electron chi connectivity index (χ4n) is 4.42. The number of fused-ring (bicyclic) bond motifs is 3. The van der Waals surface area contributed by atoms with Gasteiger partial charge in [0.25, 0.3) is 0 Å². The Labute approximate surface area is 217 Å². The van der Waals surface area contributed by atoms with Gasteiger partial charge in [-0.2, -0.15) is 13.2 Å². The molecule has 5 aromatic rings. The zero-order chi connectivity index (χ0) is 26.2. The summed E-state index contributed by atoms with van der Waals surface area (Å²) in [5.41, 5.74) is 5.42. The molecule has 0 fully saturated rings. The van der Waals surface area contributed by atoms with Crippen molar-refractivity contribution < 1.29 is 13.2 Å². The number of benzene rings is 3. The van der Waals surface area contributed by atoms with Gasteiger partial charge in [-0.15, -0.1) is 0 Å². The van der Waals surface area contributed by atoms with E-state index < -0.39 is 11.7 Å². The highest BCUT2D eigenvalue weighted by molar-refractivity contribution is 7.80. The van der Waals surface area contributed by atoms with Gasteiger partial charge in [0.15, 0.2) is 0 Å². The molecule has 186 valence electrons. The number of pyridine rings is 1. The third-order valence-corrected chi connectivity index (χ3v) is 6.68. The third-order valence-electron chi connectivity index (χ3n) is 6.40. The minimum atomic E-state index is -4.43. The van der Waals surface area contributed by atoms with Gasteiger partial charge in [-0.1, -0.05) is 48.6 Å². The molecule has 0 radical (unpaired) electrons. The van der Waals surface area contributed by atoms with Gasteiger partial charge >= 0.3 is 6.18 Å². The highest BCUT2D eigenvalue weighted by atomic mass is 32.1. The molecule has 0 aliphatic heterocycles. The van der Waals surface area contributed by atoms with Crippen molar-refractivity contribution in [1.82, 2.24) is 14.5 Å². The lowest BCUT2D eigenvalue weighted by Gasteiger charge is -2.09. The molecule has 0 unspecified atom stereocenters. The molecule has 0 amide bonds. The number of hydrogen-bond donors (Lipinski definition) is 0. The summed E-state index contributed by atoms with van der Waals surface area (Å²) in [6, 6.07) is 18.5. The second-order valence-electron chi connectivity index (χ2n) is 8.99. The lowest BCUT2D eigenvalue weighted by atomic mass is 9.99. The third kappa shape index (κ3) is 5.15. The number of aromatic nitrogens is 3. The molecule has 0 saturated heterocycles. The van der Waals surface area contributed by atoms with Crippen LogP contribution in [0, 0.1) is 13.8 Å². The normalized spacial score (nSPS) is 12.1. The molecule has 37 heavy (non-hydrogen) atoms. The Kier molecular flexibility index (Phi) is 6.60. The summed E-state index contributed by atoms with van der Waals surface area (Å²) in [4.78, 5) is 14.0. The van der Waals surface area contributed by atoms with E-state index in [1.54, 1.807) is 10.9 Å². The smallest absolute Gasteiger partial charge is 0.287 e. The van der Waals surface area contributed by atoms with Gasteiger partial charge in [0.05, 0.1) is 23.1 Å². The molecule has 0 aliphatic carbocycles. The summed E-state index contributed by atoms with van der Waals surface area (Å²) in [5.74, 6) is 0.371. The first-order valence-electron chi connectivity index (χ1n) is 11.7. The molecule has 0 saturated carbocycles. The fourth-order valence-corrected chi connectivity index (χ4v) is 4.64. The van der Waals surface area contributed by atoms with Crippen LogP contribution >= 0.6 is 12.2 Å². The van der Waals surface area contributed by atoms with Gasteiger partial charge < -0.3 is 0 Å². The Morgan fingerprint density at radius 3 is 2.49 bits per heavy atom. The van der Waals surface area contributed by atoms with Crippen LogP contribution in [0.15, 0.2) is 78.2 Å². The number of aryl methyl sites for hydroxylation is 2. The molecule has 0 bridgehead atoms. The first-order valence-corrected chi connectivity index (χ1v) is 12.1.